The molecule has 8 nitrogen and oxygen atoms in total. The molecule has 0 radical (unpaired) electrons. The van der Waals surface area contributed by atoms with E-state index in [1.54, 1.807) is 12.1 Å². The van der Waals surface area contributed by atoms with E-state index in [4.69, 9.17) is 18.9 Å². The minimum Gasteiger partial charge on any atom is -0.469 e. The van der Waals surface area contributed by atoms with Crippen molar-refractivity contribution in [1.29, 1.82) is 0 Å². The lowest BCUT2D eigenvalue weighted by atomic mass is 10.1. The van der Waals surface area contributed by atoms with Crippen LogP contribution in [0, 0.1) is 11.6 Å². The monoisotopic (exact) mass is 505 g/mol. The number of aromatic nitrogens is 2. The van der Waals surface area contributed by atoms with Crippen molar-refractivity contribution in [3.63, 3.8) is 0 Å². The van der Waals surface area contributed by atoms with Crippen LogP contribution in [0.4, 0.5) is 14.5 Å². The maximum atomic E-state index is 15.1. The van der Waals surface area contributed by atoms with E-state index in [0.717, 1.165) is 4.90 Å². The van der Waals surface area contributed by atoms with Crippen LogP contribution in [0.1, 0.15) is 0 Å². The van der Waals surface area contributed by atoms with Crippen molar-refractivity contribution in [2.45, 2.75) is 29.3 Å². The normalized spacial score (nSPS) is 26.5. The number of thioether (sulfide) groups is 1. The Bertz CT molecular complexity index is 1230. The van der Waals surface area contributed by atoms with Crippen LogP contribution in [-0.2, 0) is 14.2 Å². The highest BCUT2D eigenvalue weighted by Gasteiger charge is 2.48. The summed E-state index contributed by atoms with van der Waals surface area (Å²) in [5.74, 6) is -0.843. The van der Waals surface area contributed by atoms with Gasteiger partial charge in [0.05, 0.1) is 48.1 Å². The van der Waals surface area contributed by atoms with Crippen molar-refractivity contribution in [2.24, 2.45) is 0 Å². The number of anilines is 1. The van der Waals surface area contributed by atoms with Crippen molar-refractivity contribution < 1.29 is 32.8 Å². The molecule has 2 aromatic heterocycles. The Morgan fingerprint density at radius 2 is 1.86 bits per heavy atom. The molecule has 1 aromatic carbocycles. The molecule has 0 saturated carbocycles. The van der Waals surface area contributed by atoms with E-state index in [1.165, 1.54) is 23.9 Å². The average molecular weight is 506 g/mol. The number of aromatic amines is 1. The topological polar surface area (TPSA) is 89.1 Å². The fourth-order valence-corrected chi connectivity index (χ4v) is 5.57. The van der Waals surface area contributed by atoms with E-state index < -0.39 is 29.9 Å². The fraction of sp³-hybridized carbons (Fsp3) is 0.458. The van der Waals surface area contributed by atoms with Crippen molar-refractivity contribution in [3.8, 4) is 17.1 Å². The van der Waals surface area contributed by atoms with E-state index in [-0.39, 0.29) is 24.0 Å². The zero-order chi connectivity index (χ0) is 24.1. The van der Waals surface area contributed by atoms with Gasteiger partial charge in [-0.15, -0.1) is 11.8 Å². The fourth-order valence-electron chi connectivity index (χ4n) is 4.94. The molecule has 3 fully saturated rings. The van der Waals surface area contributed by atoms with E-state index in [0.29, 0.717) is 55.5 Å². The second-order valence-electron chi connectivity index (χ2n) is 8.78. The van der Waals surface area contributed by atoms with Gasteiger partial charge < -0.3 is 33.9 Å². The highest BCUT2D eigenvalue weighted by Crippen LogP contribution is 2.39. The molecule has 6 rings (SSSR count). The number of hydrogen-bond donors (Lipinski definition) is 2. The highest BCUT2D eigenvalue weighted by molar-refractivity contribution is 7.99. The second kappa shape index (κ2) is 9.21. The molecule has 2 unspecified atom stereocenters. The van der Waals surface area contributed by atoms with Gasteiger partial charge >= 0.3 is 0 Å². The third-order valence-corrected chi connectivity index (χ3v) is 7.47. The number of hydrogen-bond acceptors (Lipinski definition) is 8. The molecular formula is C24H25F2N3O5S. The van der Waals surface area contributed by atoms with Crippen molar-refractivity contribution in [3.05, 3.63) is 35.9 Å². The zero-order valence-electron chi connectivity index (χ0n) is 19.0. The van der Waals surface area contributed by atoms with E-state index in [2.05, 4.69) is 9.97 Å². The molecule has 2 N–H and O–H groups in total. The Labute approximate surface area is 204 Å². The lowest BCUT2D eigenvalue weighted by molar-refractivity contribution is 0.00742. The van der Waals surface area contributed by atoms with Crippen LogP contribution in [0.3, 0.4) is 0 Å². The maximum absolute atomic E-state index is 15.1. The number of H-pyrrole nitrogens is 1. The summed E-state index contributed by atoms with van der Waals surface area (Å²) >= 11 is 1.42. The summed E-state index contributed by atoms with van der Waals surface area (Å²) in [5, 5.41) is 9.98. The van der Waals surface area contributed by atoms with Gasteiger partial charge in [-0.25, -0.2) is 13.8 Å². The Morgan fingerprint density at radius 3 is 2.60 bits per heavy atom. The molecular weight excluding hydrogens is 480 g/mol. The molecule has 4 atom stereocenters. The first kappa shape index (κ1) is 23.0. The summed E-state index contributed by atoms with van der Waals surface area (Å²) in [5.41, 5.74) is 1.77. The first-order chi connectivity index (χ1) is 17.0. The molecule has 11 heteroatoms. The number of benzene rings is 1. The smallest absolute Gasteiger partial charge is 0.208 e. The van der Waals surface area contributed by atoms with Gasteiger partial charge in [-0.05, 0) is 30.5 Å². The predicted molar refractivity (Wildman–Crippen MR) is 126 cm³/mol. The standard InChI is InChI=1S/C24H25F2N3O5S/c1-35-23-20-16(28-24(23)34-18-11-33-21-17(30)10-32-22(18)21)3-2-15(27-20)19-13(25)8-12(9-14(19)26)29-4-6-31-7-5-29/h2-3,8-9,17-18,21-22,28,30H,4-7,10-11H2,1H3/t17-,18-,21?,22?/m1/s1. The maximum Gasteiger partial charge on any atom is 0.208 e. The number of aliphatic hydroxyl groups is 1. The Morgan fingerprint density at radius 1 is 1.11 bits per heavy atom. The number of fused-ring (bicyclic) bond motifs is 2. The Balaban J connectivity index is 1.32. The molecule has 5 heterocycles. The lowest BCUT2D eigenvalue weighted by Crippen LogP contribution is -2.36. The van der Waals surface area contributed by atoms with Crippen molar-refractivity contribution in [1.82, 2.24) is 9.97 Å². The third-order valence-electron chi connectivity index (χ3n) is 6.68. The van der Waals surface area contributed by atoms with Crippen LogP contribution >= 0.6 is 11.8 Å². The molecule has 186 valence electrons. The highest BCUT2D eigenvalue weighted by atomic mass is 32.2. The van der Waals surface area contributed by atoms with Crippen molar-refractivity contribution in [2.75, 3.05) is 50.7 Å². The number of ether oxygens (including phenoxy) is 4. The molecule has 3 aliphatic rings. The number of aliphatic hydroxyl groups excluding tert-OH is 1. The van der Waals surface area contributed by atoms with Crippen LogP contribution in [0.25, 0.3) is 22.3 Å². The summed E-state index contributed by atoms with van der Waals surface area (Å²) in [6.45, 7) is 2.73. The second-order valence-corrected chi connectivity index (χ2v) is 9.60. The third kappa shape index (κ3) is 4.05. The number of nitrogens with one attached hydrogen (secondary N) is 1. The van der Waals surface area contributed by atoms with Crippen LogP contribution in [0.5, 0.6) is 5.88 Å². The summed E-state index contributed by atoms with van der Waals surface area (Å²) in [6, 6.07) is 6.03. The van der Waals surface area contributed by atoms with Crippen LogP contribution in [0.2, 0.25) is 0 Å². The minimum atomic E-state index is -0.667. The quantitative estimate of drug-likeness (QED) is 0.512. The van der Waals surface area contributed by atoms with E-state index in [9.17, 15) is 5.11 Å². The van der Waals surface area contributed by atoms with E-state index in [1.807, 2.05) is 11.2 Å². The average Bonchev–Trinajstić information content (AvgIpc) is 3.54. The first-order valence-electron chi connectivity index (χ1n) is 11.5. The van der Waals surface area contributed by atoms with Crippen LogP contribution < -0.4 is 9.64 Å². The minimum absolute atomic E-state index is 0.167. The van der Waals surface area contributed by atoms with Gasteiger partial charge in [-0.2, -0.15) is 0 Å². The molecule has 3 aromatic rings. The van der Waals surface area contributed by atoms with Gasteiger partial charge in [0.2, 0.25) is 5.88 Å². The first-order valence-corrected chi connectivity index (χ1v) is 12.7. The lowest BCUT2D eigenvalue weighted by Gasteiger charge is -2.29. The van der Waals surface area contributed by atoms with Crippen LogP contribution in [-0.4, -0.2) is 85.3 Å². The molecule has 0 aliphatic carbocycles. The number of rotatable bonds is 5. The zero-order valence-corrected chi connectivity index (χ0v) is 19.8. The molecule has 35 heavy (non-hydrogen) atoms. The Kier molecular flexibility index (Phi) is 6.05. The molecule has 3 aliphatic heterocycles. The van der Waals surface area contributed by atoms with Crippen LogP contribution in [0.15, 0.2) is 29.2 Å². The molecule has 0 spiro atoms. The van der Waals surface area contributed by atoms with Crippen molar-refractivity contribution >= 4 is 28.5 Å². The molecule has 0 amide bonds. The number of halogens is 2. The Hall–Kier alpha value is -2.44. The molecule has 0 bridgehead atoms. The molecule has 3 saturated heterocycles. The summed E-state index contributed by atoms with van der Waals surface area (Å²) in [6.07, 6.45) is 0.0607. The summed E-state index contributed by atoms with van der Waals surface area (Å²) in [7, 11) is 0. The van der Waals surface area contributed by atoms with E-state index >= 15 is 8.78 Å². The van der Waals surface area contributed by atoms with Gasteiger partial charge in [0.15, 0.2) is 6.10 Å². The van der Waals surface area contributed by atoms with Gasteiger partial charge in [0, 0.05) is 18.8 Å². The predicted octanol–water partition coefficient (Wildman–Crippen LogP) is 2.97. The van der Waals surface area contributed by atoms with Gasteiger partial charge in [-0.3, -0.25) is 0 Å². The largest absolute Gasteiger partial charge is 0.469 e. The van der Waals surface area contributed by atoms with Gasteiger partial charge in [0.1, 0.15) is 35.5 Å². The summed E-state index contributed by atoms with van der Waals surface area (Å²) in [4.78, 5) is 10.4. The van der Waals surface area contributed by atoms with Gasteiger partial charge in [-0.1, -0.05) is 0 Å². The number of morpholine rings is 1. The van der Waals surface area contributed by atoms with Gasteiger partial charge in [0.25, 0.3) is 0 Å². The SMILES string of the molecule is CSc1c(O[C@@H]2COC3C2OC[C@H]3O)[nH]c2ccc(-c3c(F)cc(N4CCOCC4)cc3F)nc12. The number of pyridine rings is 1. The summed E-state index contributed by atoms with van der Waals surface area (Å²) < 4.78 is 53.1. The number of nitrogens with zero attached hydrogens (tertiary/aromatic N) is 2.